The van der Waals surface area contributed by atoms with E-state index >= 15 is 0 Å². The van der Waals surface area contributed by atoms with Gasteiger partial charge in [0.2, 0.25) is 0 Å². The second-order valence-electron chi connectivity index (χ2n) is 6.29. The summed E-state index contributed by atoms with van der Waals surface area (Å²) < 4.78 is 0. The molecular formula is C18H27Cl2N5. The fraction of sp³-hybridized carbons (Fsp3) is 0.444. The molecule has 3 N–H and O–H groups in total. The summed E-state index contributed by atoms with van der Waals surface area (Å²) in [5.74, 6) is 1.43. The summed E-state index contributed by atoms with van der Waals surface area (Å²) in [5, 5.41) is 3.40. The van der Waals surface area contributed by atoms with Crippen LogP contribution in [0.15, 0.2) is 42.7 Å². The van der Waals surface area contributed by atoms with Gasteiger partial charge in [-0.1, -0.05) is 18.2 Å². The Morgan fingerprint density at radius 2 is 1.88 bits per heavy atom. The molecular weight excluding hydrogens is 357 g/mol. The van der Waals surface area contributed by atoms with E-state index in [0.717, 1.165) is 43.9 Å². The molecule has 0 amide bonds. The van der Waals surface area contributed by atoms with Crippen LogP contribution in [0, 0.1) is 0 Å². The van der Waals surface area contributed by atoms with Crippen LogP contribution in [0.2, 0.25) is 0 Å². The molecule has 3 rings (SSSR count). The lowest BCUT2D eigenvalue weighted by Crippen LogP contribution is -2.35. The van der Waals surface area contributed by atoms with Crippen molar-refractivity contribution in [1.82, 2.24) is 9.97 Å². The van der Waals surface area contributed by atoms with E-state index in [4.69, 9.17) is 5.73 Å². The van der Waals surface area contributed by atoms with Crippen molar-refractivity contribution in [2.24, 2.45) is 5.73 Å². The Balaban J connectivity index is 0.00000156. The number of hydrogen-bond donors (Lipinski definition) is 2. The topological polar surface area (TPSA) is 67.1 Å². The van der Waals surface area contributed by atoms with Gasteiger partial charge in [-0.25, -0.2) is 9.97 Å². The average molecular weight is 384 g/mol. The maximum atomic E-state index is 5.86. The maximum absolute atomic E-state index is 5.86. The number of rotatable bonds is 7. The first-order valence-electron chi connectivity index (χ1n) is 8.30. The largest absolute Gasteiger partial charge is 0.375 e. The number of nitrogens with two attached hydrogens (primary N) is 1. The van der Waals surface area contributed by atoms with Gasteiger partial charge in [0, 0.05) is 49.5 Å². The van der Waals surface area contributed by atoms with E-state index in [1.165, 1.54) is 5.69 Å². The van der Waals surface area contributed by atoms with Crippen LogP contribution in [0.4, 0.5) is 11.5 Å². The molecule has 138 valence electrons. The molecule has 0 aliphatic heterocycles. The first kappa shape index (κ1) is 21.5. The lowest BCUT2D eigenvalue weighted by molar-refractivity contribution is 0.345. The Bertz CT molecular complexity index is 620. The van der Waals surface area contributed by atoms with E-state index in [1.54, 1.807) is 6.33 Å². The molecule has 0 radical (unpaired) electrons. The third-order valence-electron chi connectivity index (χ3n) is 4.45. The predicted octanol–water partition coefficient (Wildman–Crippen LogP) is 3.46. The number of nitrogens with one attached hydrogen (secondary N) is 1. The van der Waals surface area contributed by atoms with Gasteiger partial charge < -0.3 is 16.0 Å². The highest BCUT2D eigenvalue weighted by molar-refractivity contribution is 5.85. The van der Waals surface area contributed by atoms with Crippen LogP contribution >= 0.6 is 24.8 Å². The first-order valence-corrected chi connectivity index (χ1v) is 8.30. The van der Waals surface area contributed by atoms with Crippen LogP contribution < -0.4 is 16.0 Å². The second-order valence-corrected chi connectivity index (χ2v) is 6.29. The summed E-state index contributed by atoms with van der Waals surface area (Å²) in [6.45, 7) is 1.91. The maximum Gasteiger partial charge on any atom is 0.129 e. The van der Waals surface area contributed by atoms with Crippen molar-refractivity contribution in [3.8, 4) is 0 Å². The van der Waals surface area contributed by atoms with Gasteiger partial charge >= 0.3 is 0 Å². The fourth-order valence-electron chi connectivity index (χ4n) is 2.94. The highest BCUT2D eigenvalue weighted by Gasteiger charge is 2.28. The van der Waals surface area contributed by atoms with E-state index in [9.17, 15) is 0 Å². The van der Waals surface area contributed by atoms with Crippen LogP contribution in [0.3, 0.4) is 0 Å². The zero-order valence-corrected chi connectivity index (χ0v) is 16.1. The van der Waals surface area contributed by atoms with E-state index in [2.05, 4.69) is 57.6 Å². The van der Waals surface area contributed by atoms with Gasteiger partial charge in [-0.05, 0) is 31.4 Å². The SMILES string of the molecule is CN(CCCNc1cc(C2CC(N)C2)ncn1)c1ccccc1.Cl.Cl. The molecule has 2 aromatic rings. The number of anilines is 2. The predicted molar refractivity (Wildman–Crippen MR) is 109 cm³/mol. The highest BCUT2D eigenvalue weighted by Crippen LogP contribution is 2.34. The average Bonchev–Trinajstić information content (AvgIpc) is 2.57. The minimum atomic E-state index is 0. The summed E-state index contributed by atoms with van der Waals surface area (Å²) in [7, 11) is 2.12. The van der Waals surface area contributed by atoms with Crippen molar-refractivity contribution in [2.75, 3.05) is 30.4 Å². The molecule has 1 aliphatic rings. The Labute approximate surface area is 162 Å². The van der Waals surface area contributed by atoms with Crippen LogP contribution in [0.1, 0.15) is 30.9 Å². The number of hydrogen-bond acceptors (Lipinski definition) is 5. The van der Waals surface area contributed by atoms with E-state index in [1.807, 2.05) is 6.07 Å². The van der Waals surface area contributed by atoms with Gasteiger partial charge in [0.1, 0.15) is 12.1 Å². The third-order valence-corrected chi connectivity index (χ3v) is 4.45. The minimum Gasteiger partial charge on any atom is -0.375 e. The lowest BCUT2D eigenvalue weighted by atomic mass is 9.79. The van der Waals surface area contributed by atoms with Gasteiger partial charge in [0.15, 0.2) is 0 Å². The Hall–Kier alpha value is -1.56. The van der Waals surface area contributed by atoms with Crippen molar-refractivity contribution < 1.29 is 0 Å². The summed E-state index contributed by atoms with van der Waals surface area (Å²) in [5.41, 5.74) is 8.22. The van der Waals surface area contributed by atoms with Gasteiger partial charge in [-0.3, -0.25) is 0 Å². The molecule has 0 bridgehead atoms. The molecule has 0 unspecified atom stereocenters. The van der Waals surface area contributed by atoms with E-state index in [0.29, 0.717) is 12.0 Å². The monoisotopic (exact) mass is 383 g/mol. The zero-order valence-electron chi connectivity index (χ0n) is 14.5. The number of aromatic nitrogens is 2. The molecule has 1 aromatic heterocycles. The summed E-state index contributed by atoms with van der Waals surface area (Å²) in [6, 6.07) is 12.9. The van der Waals surface area contributed by atoms with Crippen LogP contribution in [-0.2, 0) is 0 Å². The van der Waals surface area contributed by atoms with E-state index < -0.39 is 0 Å². The van der Waals surface area contributed by atoms with Crippen molar-refractivity contribution in [2.45, 2.75) is 31.2 Å². The number of para-hydroxylation sites is 1. The fourth-order valence-corrected chi connectivity index (χ4v) is 2.94. The quantitative estimate of drug-likeness (QED) is 0.716. The Kier molecular flexibility index (Phi) is 8.97. The highest BCUT2D eigenvalue weighted by atomic mass is 35.5. The van der Waals surface area contributed by atoms with Crippen LogP contribution in [0.5, 0.6) is 0 Å². The number of nitrogens with zero attached hydrogens (tertiary/aromatic N) is 3. The molecule has 1 fully saturated rings. The standard InChI is InChI=1S/C18H25N5.2ClH/c1-23(16-6-3-2-4-7-16)9-5-8-20-18-12-17(21-13-22-18)14-10-15(19)11-14;;/h2-4,6-7,12-15H,5,8-11,19H2,1H3,(H,20,21,22);2*1H. The molecule has 1 aromatic carbocycles. The van der Waals surface area contributed by atoms with Crippen molar-refractivity contribution in [1.29, 1.82) is 0 Å². The molecule has 1 aliphatic carbocycles. The summed E-state index contributed by atoms with van der Waals surface area (Å²) in [4.78, 5) is 11.0. The van der Waals surface area contributed by atoms with Crippen molar-refractivity contribution in [3.63, 3.8) is 0 Å². The number of benzene rings is 1. The zero-order chi connectivity index (χ0) is 16.1. The molecule has 0 saturated heterocycles. The Morgan fingerprint density at radius 1 is 1.16 bits per heavy atom. The van der Waals surface area contributed by atoms with Gasteiger partial charge in [0.05, 0.1) is 0 Å². The van der Waals surface area contributed by atoms with Crippen LogP contribution in [0.25, 0.3) is 0 Å². The second kappa shape index (κ2) is 10.4. The van der Waals surface area contributed by atoms with Gasteiger partial charge in [-0.15, -0.1) is 24.8 Å². The van der Waals surface area contributed by atoms with Crippen molar-refractivity contribution >= 4 is 36.3 Å². The van der Waals surface area contributed by atoms with Crippen molar-refractivity contribution in [3.05, 3.63) is 48.4 Å². The normalized spacial score (nSPS) is 18.3. The molecule has 0 atom stereocenters. The van der Waals surface area contributed by atoms with E-state index in [-0.39, 0.29) is 24.8 Å². The minimum absolute atomic E-state index is 0. The molecule has 7 heteroatoms. The number of halogens is 2. The molecule has 25 heavy (non-hydrogen) atoms. The summed E-state index contributed by atoms with van der Waals surface area (Å²) >= 11 is 0. The summed E-state index contributed by atoms with van der Waals surface area (Å²) in [6.07, 6.45) is 4.79. The smallest absolute Gasteiger partial charge is 0.129 e. The first-order chi connectivity index (χ1) is 11.2. The molecule has 1 saturated carbocycles. The lowest BCUT2D eigenvalue weighted by Gasteiger charge is -2.31. The molecule has 0 spiro atoms. The van der Waals surface area contributed by atoms with Gasteiger partial charge in [-0.2, -0.15) is 0 Å². The molecule has 1 heterocycles. The Morgan fingerprint density at radius 3 is 2.56 bits per heavy atom. The van der Waals surface area contributed by atoms with Crippen LogP contribution in [-0.4, -0.2) is 36.1 Å². The molecule has 5 nitrogen and oxygen atoms in total. The third kappa shape index (κ3) is 6.03. The van der Waals surface area contributed by atoms with Gasteiger partial charge in [0.25, 0.3) is 0 Å².